The van der Waals surface area contributed by atoms with Gasteiger partial charge >= 0.3 is 12.1 Å². The van der Waals surface area contributed by atoms with Crippen LogP contribution in [0.4, 0.5) is 18.9 Å². The summed E-state index contributed by atoms with van der Waals surface area (Å²) in [6.07, 6.45) is -3.87. The second-order valence-corrected chi connectivity index (χ2v) is 11.8. The molecule has 2 aliphatic heterocycles. The van der Waals surface area contributed by atoms with Gasteiger partial charge in [0, 0.05) is 51.1 Å². The van der Waals surface area contributed by atoms with Crippen LogP contribution in [-0.4, -0.2) is 66.4 Å². The maximum Gasteiger partial charge on any atom is 0.433 e. The fraction of sp³-hybridized carbons (Fsp3) is 0.485. The van der Waals surface area contributed by atoms with Crippen molar-refractivity contribution in [3.63, 3.8) is 0 Å². The van der Waals surface area contributed by atoms with Crippen molar-refractivity contribution in [2.24, 2.45) is 5.92 Å². The SMILES string of the molecule is CCOc1ccc(CCC[C@@H](C(=O)N2CCN(c3cc(C(F)(F)F)nc4ccc(C)cc34)CC2)[C@@H]2OC(C)(C)OC2=O)cc1. The number of carbonyl (C=O) groups is 2. The lowest BCUT2D eigenvalue weighted by Crippen LogP contribution is -2.52. The summed E-state index contributed by atoms with van der Waals surface area (Å²) in [5.41, 5.74) is 1.75. The molecule has 0 bridgehead atoms. The van der Waals surface area contributed by atoms with Gasteiger partial charge in [0.25, 0.3) is 0 Å². The molecule has 2 fully saturated rings. The van der Waals surface area contributed by atoms with E-state index in [4.69, 9.17) is 14.2 Å². The summed E-state index contributed by atoms with van der Waals surface area (Å²) in [6, 6.07) is 14.1. The Balaban J connectivity index is 1.31. The van der Waals surface area contributed by atoms with Gasteiger partial charge in [-0.25, -0.2) is 9.78 Å². The molecule has 2 atom stereocenters. The standard InChI is InChI=1S/C33H38F3N3O5/c1-5-42-23-12-10-22(11-13-23)7-6-8-24(29-31(41)44-32(3,4)43-29)30(40)39-17-15-38(16-18-39)27-20-28(33(34,35)36)37-26-14-9-21(2)19-25(26)27/h9-14,19-20,24,29H,5-8,15-18H2,1-4H3/t24-,29+/m1/s1. The van der Waals surface area contributed by atoms with Crippen molar-refractivity contribution in [3.05, 3.63) is 65.4 Å². The third-order valence-corrected chi connectivity index (χ3v) is 8.05. The Labute approximate surface area is 255 Å². The van der Waals surface area contributed by atoms with E-state index in [-0.39, 0.29) is 24.5 Å². The number of nitrogens with zero attached hydrogens (tertiary/aromatic N) is 3. The Hall–Kier alpha value is -3.86. The van der Waals surface area contributed by atoms with E-state index in [1.807, 2.05) is 49.1 Å². The Morgan fingerprint density at radius 3 is 2.41 bits per heavy atom. The first-order chi connectivity index (χ1) is 20.8. The van der Waals surface area contributed by atoms with Crippen LogP contribution in [0.1, 0.15) is 50.4 Å². The summed E-state index contributed by atoms with van der Waals surface area (Å²) in [5, 5.41) is 0.634. The highest BCUT2D eigenvalue weighted by Gasteiger charge is 2.48. The third-order valence-electron chi connectivity index (χ3n) is 8.05. The van der Waals surface area contributed by atoms with Crippen LogP contribution in [0.5, 0.6) is 5.75 Å². The minimum Gasteiger partial charge on any atom is -0.494 e. The molecule has 3 heterocycles. The summed E-state index contributed by atoms with van der Waals surface area (Å²) in [4.78, 5) is 34.1. The number of fused-ring (bicyclic) bond motifs is 1. The number of carbonyl (C=O) groups excluding carboxylic acids is 2. The van der Waals surface area contributed by atoms with E-state index in [0.29, 0.717) is 50.0 Å². The summed E-state index contributed by atoms with van der Waals surface area (Å²) in [5.74, 6) is -1.88. The monoisotopic (exact) mass is 613 g/mol. The zero-order valence-electron chi connectivity index (χ0n) is 25.4. The number of rotatable bonds is 9. The number of aromatic nitrogens is 1. The smallest absolute Gasteiger partial charge is 0.433 e. The first kappa shape index (κ1) is 31.6. The van der Waals surface area contributed by atoms with Gasteiger partial charge < -0.3 is 24.0 Å². The van der Waals surface area contributed by atoms with Crippen LogP contribution in [0.2, 0.25) is 0 Å². The van der Waals surface area contributed by atoms with Gasteiger partial charge in [-0.2, -0.15) is 13.2 Å². The Kier molecular flexibility index (Phi) is 9.06. The summed E-state index contributed by atoms with van der Waals surface area (Å²) in [7, 11) is 0. The molecule has 0 spiro atoms. The van der Waals surface area contributed by atoms with Crippen molar-refractivity contribution in [2.45, 2.75) is 65.0 Å². The van der Waals surface area contributed by atoms with E-state index >= 15 is 0 Å². The second-order valence-electron chi connectivity index (χ2n) is 11.8. The van der Waals surface area contributed by atoms with E-state index in [0.717, 1.165) is 22.9 Å². The minimum absolute atomic E-state index is 0.220. The molecule has 0 radical (unpaired) electrons. The van der Waals surface area contributed by atoms with Gasteiger partial charge in [0.15, 0.2) is 6.10 Å². The molecule has 1 aromatic heterocycles. The molecular formula is C33H38F3N3O5. The average Bonchev–Trinajstić information content (AvgIpc) is 3.26. The number of halogens is 3. The quantitative estimate of drug-likeness (QED) is 0.277. The number of ether oxygens (including phenoxy) is 3. The molecule has 2 aliphatic rings. The zero-order chi connectivity index (χ0) is 31.6. The van der Waals surface area contributed by atoms with Crippen LogP contribution >= 0.6 is 0 Å². The van der Waals surface area contributed by atoms with Crippen LogP contribution in [-0.2, 0) is 31.7 Å². The molecule has 2 saturated heterocycles. The summed E-state index contributed by atoms with van der Waals surface area (Å²) >= 11 is 0. The van der Waals surface area contributed by atoms with E-state index in [1.54, 1.807) is 30.9 Å². The largest absolute Gasteiger partial charge is 0.494 e. The number of piperazine rings is 1. The Morgan fingerprint density at radius 2 is 1.80 bits per heavy atom. The van der Waals surface area contributed by atoms with E-state index in [9.17, 15) is 22.8 Å². The number of cyclic esters (lactones) is 1. The number of pyridine rings is 1. The van der Waals surface area contributed by atoms with Crippen LogP contribution < -0.4 is 9.64 Å². The molecule has 0 aliphatic carbocycles. The first-order valence-electron chi connectivity index (χ1n) is 15.0. The lowest BCUT2D eigenvalue weighted by molar-refractivity contribution is -0.163. The number of esters is 1. The number of hydrogen-bond acceptors (Lipinski definition) is 7. The Bertz CT molecular complexity index is 1500. The van der Waals surface area contributed by atoms with Gasteiger partial charge in [-0.15, -0.1) is 0 Å². The van der Waals surface area contributed by atoms with E-state index < -0.39 is 35.6 Å². The van der Waals surface area contributed by atoms with Gasteiger partial charge in [-0.05, 0) is 69.0 Å². The third kappa shape index (κ3) is 7.09. The maximum atomic E-state index is 13.9. The van der Waals surface area contributed by atoms with Gasteiger partial charge in [0.05, 0.1) is 18.0 Å². The molecule has 2 aromatic carbocycles. The maximum absolute atomic E-state index is 13.9. The molecule has 44 heavy (non-hydrogen) atoms. The van der Waals surface area contributed by atoms with Crippen molar-refractivity contribution in [1.29, 1.82) is 0 Å². The van der Waals surface area contributed by atoms with Crippen molar-refractivity contribution < 1.29 is 37.0 Å². The predicted octanol–water partition coefficient (Wildman–Crippen LogP) is 5.93. The molecule has 0 N–H and O–H groups in total. The van der Waals surface area contributed by atoms with Gasteiger partial charge in [-0.3, -0.25) is 4.79 Å². The van der Waals surface area contributed by atoms with Crippen LogP contribution in [0, 0.1) is 12.8 Å². The number of benzene rings is 2. The predicted molar refractivity (Wildman–Crippen MR) is 159 cm³/mol. The molecule has 0 unspecified atom stereocenters. The highest BCUT2D eigenvalue weighted by atomic mass is 19.4. The first-order valence-corrected chi connectivity index (χ1v) is 15.0. The second kappa shape index (κ2) is 12.6. The zero-order valence-corrected chi connectivity index (χ0v) is 25.4. The Morgan fingerprint density at radius 1 is 1.09 bits per heavy atom. The number of amides is 1. The lowest BCUT2D eigenvalue weighted by atomic mass is 9.92. The van der Waals surface area contributed by atoms with Crippen LogP contribution in [0.25, 0.3) is 10.9 Å². The lowest BCUT2D eigenvalue weighted by Gasteiger charge is -2.38. The molecule has 5 rings (SSSR count). The summed E-state index contributed by atoms with van der Waals surface area (Å²) in [6.45, 7) is 8.90. The minimum atomic E-state index is -4.59. The molecule has 0 saturated carbocycles. The highest BCUT2D eigenvalue weighted by molar-refractivity contribution is 5.93. The molecule has 8 nitrogen and oxygen atoms in total. The number of hydrogen-bond donors (Lipinski definition) is 0. The number of alkyl halides is 3. The molecule has 11 heteroatoms. The summed E-state index contributed by atoms with van der Waals surface area (Å²) < 4.78 is 57.9. The molecule has 236 valence electrons. The van der Waals surface area contributed by atoms with Crippen molar-refractivity contribution in [3.8, 4) is 5.75 Å². The molecule has 3 aromatic rings. The van der Waals surface area contributed by atoms with Crippen molar-refractivity contribution >= 4 is 28.5 Å². The normalized spacial score (nSPS) is 19.2. The fourth-order valence-electron chi connectivity index (χ4n) is 5.91. The molecule has 1 amide bonds. The van der Waals surface area contributed by atoms with Crippen molar-refractivity contribution in [2.75, 3.05) is 37.7 Å². The van der Waals surface area contributed by atoms with Gasteiger partial charge in [0.1, 0.15) is 11.4 Å². The van der Waals surface area contributed by atoms with E-state index in [1.165, 1.54) is 0 Å². The van der Waals surface area contributed by atoms with Gasteiger partial charge in [-0.1, -0.05) is 23.8 Å². The van der Waals surface area contributed by atoms with E-state index in [2.05, 4.69) is 4.98 Å². The topological polar surface area (TPSA) is 81.2 Å². The van der Waals surface area contributed by atoms with Gasteiger partial charge in [0.2, 0.25) is 11.7 Å². The number of aryl methyl sites for hydroxylation is 2. The van der Waals surface area contributed by atoms with Crippen LogP contribution in [0.3, 0.4) is 0 Å². The number of anilines is 1. The van der Waals surface area contributed by atoms with Crippen LogP contribution in [0.15, 0.2) is 48.5 Å². The van der Waals surface area contributed by atoms with Crippen molar-refractivity contribution in [1.82, 2.24) is 9.88 Å². The highest BCUT2D eigenvalue weighted by Crippen LogP contribution is 2.36. The average molecular weight is 614 g/mol. The molecular weight excluding hydrogens is 575 g/mol. The fourth-order valence-corrected chi connectivity index (χ4v) is 5.91.